The molecule has 1 N–H and O–H groups in total. The van der Waals surface area contributed by atoms with Gasteiger partial charge in [-0.1, -0.05) is 19.1 Å². The second-order valence-electron chi connectivity index (χ2n) is 7.52. The number of nitrogens with zero attached hydrogens (tertiary/aromatic N) is 5. The third-order valence-corrected chi connectivity index (χ3v) is 5.26. The van der Waals surface area contributed by atoms with E-state index in [1.54, 1.807) is 25.6 Å². The highest BCUT2D eigenvalue weighted by molar-refractivity contribution is 5.61. The van der Waals surface area contributed by atoms with Crippen molar-refractivity contribution in [3.8, 4) is 23.0 Å². The molecular formula is C24H25FN6O. The van der Waals surface area contributed by atoms with E-state index in [4.69, 9.17) is 4.74 Å². The van der Waals surface area contributed by atoms with Crippen LogP contribution in [-0.2, 0) is 6.42 Å². The molecule has 0 fully saturated rings. The van der Waals surface area contributed by atoms with E-state index >= 15 is 0 Å². The summed E-state index contributed by atoms with van der Waals surface area (Å²) in [4.78, 5) is 8.90. The molecule has 0 saturated heterocycles. The van der Waals surface area contributed by atoms with Crippen molar-refractivity contribution in [1.29, 1.82) is 0 Å². The van der Waals surface area contributed by atoms with Crippen LogP contribution in [0.1, 0.15) is 36.7 Å². The van der Waals surface area contributed by atoms with Crippen molar-refractivity contribution >= 4 is 5.82 Å². The third kappa shape index (κ3) is 4.44. The summed E-state index contributed by atoms with van der Waals surface area (Å²) >= 11 is 0. The number of hydrogen-bond acceptors (Lipinski definition) is 6. The van der Waals surface area contributed by atoms with Crippen molar-refractivity contribution in [2.45, 2.75) is 33.2 Å². The van der Waals surface area contributed by atoms with Crippen molar-refractivity contribution in [2.75, 3.05) is 12.4 Å². The number of methoxy groups -OCH3 is 1. The molecule has 0 radical (unpaired) electrons. The lowest BCUT2D eigenvalue weighted by Crippen LogP contribution is -2.11. The van der Waals surface area contributed by atoms with Crippen molar-refractivity contribution in [3.05, 3.63) is 77.6 Å². The summed E-state index contributed by atoms with van der Waals surface area (Å²) in [5.74, 6) is 0.925. The Kier molecular flexibility index (Phi) is 6.11. The fourth-order valence-corrected chi connectivity index (χ4v) is 3.46. The molecule has 3 aromatic heterocycles. The summed E-state index contributed by atoms with van der Waals surface area (Å²) < 4.78 is 20.6. The molecule has 0 spiro atoms. The first-order valence-corrected chi connectivity index (χ1v) is 10.4. The van der Waals surface area contributed by atoms with Crippen LogP contribution in [-0.4, -0.2) is 31.8 Å². The highest BCUT2D eigenvalue weighted by atomic mass is 19.1. The minimum Gasteiger partial charge on any atom is -0.479 e. The fourth-order valence-electron chi connectivity index (χ4n) is 3.46. The Labute approximate surface area is 186 Å². The van der Waals surface area contributed by atoms with Crippen molar-refractivity contribution in [2.24, 2.45) is 0 Å². The summed E-state index contributed by atoms with van der Waals surface area (Å²) in [6, 6.07) is 12.2. The van der Waals surface area contributed by atoms with Crippen LogP contribution in [0.5, 0.6) is 5.88 Å². The van der Waals surface area contributed by atoms with E-state index in [9.17, 15) is 4.39 Å². The zero-order chi connectivity index (χ0) is 22.7. The maximum absolute atomic E-state index is 13.2. The van der Waals surface area contributed by atoms with Gasteiger partial charge in [0.2, 0.25) is 5.88 Å². The van der Waals surface area contributed by atoms with Gasteiger partial charge >= 0.3 is 0 Å². The summed E-state index contributed by atoms with van der Waals surface area (Å²) in [5, 5.41) is 12.2. The Morgan fingerprint density at radius 3 is 2.53 bits per heavy atom. The Hall–Kier alpha value is -3.81. The molecule has 3 heterocycles. The van der Waals surface area contributed by atoms with Crippen LogP contribution in [0.3, 0.4) is 0 Å². The average Bonchev–Trinajstić information content (AvgIpc) is 3.25. The third-order valence-electron chi connectivity index (χ3n) is 5.26. The van der Waals surface area contributed by atoms with Crippen LogP contribution in [0.25, 0.3) is 17.1 Å². The highest BCUT2D eigenvalue weighted by Crippen LogP contribution is 2.28. The second kappa shape index (κ2) is 9.13. The van der Waals surface area contributed by atoms with Crippen LogP contribution in [0.15, 0.2) is 55.0 Å². The van der Waals surface area contributed by atoms with E-state index in [0.29, 0.717) is 23.1 Å². The molecule has 32 heavy (non-hydrogen) atoms. The predicted molar refractivity (Wildman–Crippen MR) is 121 cm³/mol. The Morgan fingerprint density at radius 1 is 1.09 bits per heavy atom. The van der Waals surface area contributed by atoms with E-state index < -0.39 is 0 Å². The molecule has 1 aromatic carbocycles. The van der Waals surface area contributed by atoms with Gasteiger partial charge in [0.15, 0.2) is 5.82 Å². The number of pyridine rings is 1. The van der Waals surface area contributed by atoms with Gasteiger partial charge in [0, 0.05) is 6.20 Å². The van der Waals surface area contributed by atoms with Crippen molar-refractivity contribution in [1.82, 2.24) is 24.7 Å². The number of benzene rings is 1. The maximum atomic E-state index is 13.2. The summed E-state index contributed by atoms with van der Waals surface area (Å²) in [5.41, 5.74) is 5.02. The number of rotatable bonds is 7. The van der Waals surface area contributed by atoms with Gasteiger partial charge in [-0.15, -0.1) is 10.2 Å². The lowest BCUT2D eigenvalue weighted by atomic mass is 10.1. The van der Waals surface area contributed by atoms with Crippen molar-refractivity contribution in [3.63, 3.8) is 0 Å². The minimum absolute atomic E-state index is 0.0443. The monoisotopic (exact) mass is 432 g/mol. The summed E-state index contributed by atoms with van der Waals surface area (Å²) in [6.45, 7) is 6.00. The van der Waals surface area contributed by atoms with Gasteiger partial charge in [-0.25, -0.2) is 14.4 Å². The second-order valence-corrected chi connectivity index (χ2v) is 7.52. The number of imidazole rings is 1. The number of anilines is 1. The number of nitrogens with one attached hydrogen (secondary N) is 1. The normalized spacial score (nSPS) is 11.9. The zero-order valence-corrected chi connectivity index (χ0v) is 18.5. The first kappa shape index (κ1) is 21.4. The molecule has 0 aliphatic rings. The number of aromatic nitrogens is 5. The van der Waals surface area contributed by atoms with Crippen LogP contribution in [0.2, 0.25) is 0 Å². The van der Waals surface area contributed by atoms with E-state index in [1.165, 1.54) is 12.1 Å². The Morgan fingerprint density at radius 2 is 1.88 bits per heavy atom. The molecule has 0 aliphatic heterocycles. The van der Waals surface area contributed by atoms with Crippen LogP contribution in [0.4, 0.5) is 10.2 Å². The molecule has 7 nitrogen and oxygen atoms in total. The molecule has 4 rings (SSSR count). The van der Waals surface area contributed by atoms with Gasteiger partial charge in [0.1, 0.15) is 17.2 Å². The van der Waals surface area contributed by atoms with Gasteiger partial charge < -0.3 is 14.6 Å². The first-order valence-electron chi connectivity index (χ1n) is 10.4. The van der Waals surface area contributed by atoms with E-state index in [-0.39, 0.29) is 11.9 Å². The quantitative estimate of drug-likeness (QED) is 0.447. The first-order chi connectivity index (χ1) is 15.5. The van der Waals surface area contributed by atoms with E-state index in [2.05, 4.69) is 32.4 Å². The molecular weight excluding hydrogens is 407 g/mol. The lowest BCUT2D eigenvalue weighted by Gasteiger charge is -2.17. The minimum atomic E-state index is -0.253. The maximum Gasteiger partial charge on any atom is 0.238 e. The number of halogens is 1. The topological polar surface area (TPSA) is 77.8 Å². The van der Waals surface area contributed by atoms with Crippen LogP contribution in [0, 0.1) is 12.7 Å². The molecule has 0 amide bonds. The zero-order valence-electron chi connectivity index (χ0n) is 18.5. The fraction of sp³-hybridized carbons (Fsp3) is 0.250. The average molecular weight is 433 g/mol. The smallest absolute Gasteiger partial charge is 0.238 e. The molecule has 164 valence electrons. The van der Waals surface area contributed by atoms with Gasteiger partial charge in [-0.05, 0) is 61.7 Å². The Balaban J connectivity index is 1.61. The number of ether oxygens (including phenoxy) is 1. The standard InChI is InChI=1S/C24H25FN6O/c1-5-17-12-21(29-30-23(17)27-16(3)18-6-8-19(25)9-7-18)20-10-11-22(24(28-20)32-4)31-13-15(2)26-14-31/h6-14,16H,5H2,1-4H3,(H,27,30). The molecule has 4 aromatic rings. The summed E-state index contributed by atoms with van der Waals surface area (Å²) in [6.07, 6.45) is 4.41. The van der Waals surface area contributed by atoms with E-state index in [0.717, 1.165) is 28.9 Å². The SMILES string of the molecule is CCc1cc(-c2ccc(-n3cnc(C)c3)c(OC)n2)nnc1NC(C)c1ccc(F)cc1. The van der Waals surface area contributed by atoms with Crippen LogP contribution < -0.4 is 10.1 Å². The molecule has 0 bridgehead atoms. The Bertz CT molecular complexity index is 1220. The molecule has 1 atom stereocenters. The highest BCUT2D eigenvalue weighted by Gasteiger charge is 2.15. The summed E-state index contributed by atoms with van der Waals surface area (Å²) in [7, 11) is 1.59. The molecule has 8 heteroatoms. The number of hydrogen-bond donors (Lipinski definition) is 1. The largest absolute Gasteiger partial charge is 0.479 e. The van der Waals surface area contributed by atoms with Crippen LogP contribution >= 0.6 is 0 Å². The van der Waals surface area contributed by atoms with Gasteiger partial charge in [0.05, 0.1) is 30.9 Å². The molecule has 1 unspecified atom stereocenters. The molecule has 0 aliphatic carbocycles. The van der Waals surface area contributed by atoms with Gasteiger partial charge in [-0.2, -0.15) is 0 Å². The van der Waals surface area contributed by atoms with E-state index in [1.807, 2.05) is 42.8 Å². The number of aryl methyl sites for hydroxylation is 2. The van der Waals surface area contributed by atoms with Gasteiger partial charge in [-0.3, -0.25) is 0 Å². The molecule has 0 saturated carbocycles. The van der Waals surface area contributed by atoms with Crippen molar-refractivity contribution < 1.29 is 9.13 Å². The predicted octanol–water partition coefficient (Wildman–Crippen LogP) is 4.92. The van der Waals surface area contributed by atoms with Gasteiger partial charge in [0.25, 0.3) is 0 Å². The lowest BCUT2D eigenvalue weighted by molar-refractivity contribution is 0.396.